The molecule has 0 saturated carbocycles. The van der Waals surface area contributed by atoms with E-state index in [1.54, 1.807) is 0 Å². The van der Waals surface area contributed by atoms with Gasteiger partial charge >= 0.3 is 0 Å². The molecule has 0 amide bonds. The lowest BCUT2D eigenvalue weighted by Crippen LogP contribution is -2.53. The van der Waals surface area contributed by atoms with Crippen LogP contribution in [0.25, 0.3) is 0 Å². The van der Waals surface area contributed by atoms with Crippen LogP contribution in [0.5, 0.6) is 0 Å². The molecule has 0 aromatic rings. The molecule has 0 aromatic carbocycles. The molecule has 0 bridgehead atoms. The summed E-state index contributed by atoms with van der Waals surface area (Å²) in [6, 6.07) is 0. The highest BCUT2D eigenvalue weighted by atomic mass is 32.2. The van der Waals surface area contributed by atoms with Gasteiger partial charge < -0.3 is 19.2 Å². The van der Waals surface area contributed by atoms with Crippen molar-refractivity contribution >= 4 is 10.1 Å². The van der Waals surface area contributed by atoms with Gasteiger partial charge in [0, 0.05) is 12.2 Å². The van der Waals surface area contributed by atoms with E-state index in [-0.39, 0.29) is 25.4 Å². The summed E-state index contributed by atoms with van der Waals surface area (Å²) in [6.07, 6.45) is 7.24. The third kappa shape index (κ3) is 11.4. The predicted molar refractivity (Wildman–Crippen MR) is 86.5 cm³/mol. The van der Waals surface area contributed by atoms with E-state index >= 15 is 0 Å². The molecule has 0 atom stereocenters. The van der Waals surface area contributed by atoms with Crippen LogP contribution in [0, 0.1) is 0 Å². The van der Waals surface area contributed by atoms with Crippen LogP contribution < -0.4 is 0 Å². The Kier molecular flexibility index (Phi) is 12.1. The Labute approximate surface area is 135 Å². The molecule has 0 aliphatic heterocycles. The molecule has 22 heavy (non-hydrogen) atoms. The lowest BCUT2D eigenvalue weighted by atomic mass is 10.1. The summed E-state index contributed by atoms with van der Waals surface area (Å²) in [6.45, 7) is 4.49. The molecule has 0 fully saturated rings. The van der Waals surface area contributed by atoms with Gasteiger partial charge in [-0.05, 0) is 12.8 Å². The fourth-order valence-electron chi connectivity index (χ4n) is 2.90. The summed E-state index contributed by atoms with van der Waals surface area (Å²) in [5, 5.41) is 18.6. The van der Waals surface area contributed by atoms with Gasteiger partial charge in [-0.1, -0.05) is 32.6 Å². The van der Waals surface area contributed by atoms with Crippen LogP contribution >= 0.6 is 0 Å². The fourth-order valence-corrected chi connectivity index (χ4v) is 3.38. The summed E-state index contributed by atoms with van der Waals surface area (Å²) < 4.78 is 32.7. The third-order valence-electron chi connectivity index (χ3n) is 4.16. The average molecular weight is 339 g/mol. The number of rotatable bonds is 15. The molecular weight excluding hydrogens is 306 g/mol. The standard InChI is InChI=1S/C15H33NO5S/c1-2-3-4-5-6-7-9-16(11-13-17,12-14-18)10-8-15-22(19,20)21/h17-18H,2-15H2,1H3. The number of aliphatic hydroxyl groups is 2. The topological polar surface area (TPSA) is 97.7 Å². The minimum absolute atomic E-state index is 0.0000400. The normalized spacial score (nSPS) is 12.7. The average Bonchev–Trinajstić information content (AvgIpc) is 2.42. The minimum Gasteiger partial charge on any atom is -0.748 e. The maximum atomic E-state index is 10.7. The van der Waals surface area contributed by atoms with Gasteiger partial charge in [-0.25, -0.2) is 8.42 Å². The molecule has 0 unspecified atom stereocenters. The fraction of sp³-hybridized carbons (Fsp3) is 1.00. The summed E-state index contributed by atoms with van der Waals surface area (Å²) in [7, 11) is -4.20. The summed E-state index contributed by atoms with van der Waals surface area (Å²) >= 11 is 0. The van der Waals surface area contributed by atoms with Crippen molar-refractivity contribution in [3.8, 4) is 0 Å². The first-order chi connectivity index (χ1) is 10.4. The number of hydrogen-bond donors (Lipinski definition) is 2. The Morgan fingerprint density at radius 3 is 1.82 bits per heavy atom. The van der Waals surface area contributed by atoms with Gasteiger partial charge in [0.05, 0.1) is 36.4 Å². The highest BCUT2D eigenvalue weighted by Gasteiger charge is 2.25. The van der Waals surface area contributed by atoms with E-state index in [0.717, 1.165) is 19.4 Å². The second-order valence-corrected chi connectivity index (χ2v) is 7.59. The van der Waals surface area contributed by atoms with Gasteiger partial charge in [-0.2, -0.15) is 0 Å². The van der Waals surface area contributed by atoms with Gasteiger partial charge in [0.25, 0.3) is 0 Å². The lowest BCUT2D eigenvalue weighted by molar-refractivity contribution is -0.928. The summed E-state index contributed by atoms with van der Waals surface area (Å²) in [4.78, 5) is 0. The molecule has 7 heteroatoms. The largest absolute Gasteiger partial charge is 0.748 e. The van der Waals surface area contributed by atoms with Gasteiger partial charge in [0.1, 0.15) is 13.1 Å². The number of nitrogens with zero attached hydrogens (tertiary/aromatic N) is 1. The number of quaternary nitrogens is 1. The highest BCUT2D eigenvalue weighted by molar-refractivity contribution is 7.85. The minimum atomic E-state index is -4.20. The van der Waals surface area contributed by atoms with Crippen molar-refractivity contribution in [2.45, 2.75) is 51.9 Å². The molecule has 2 N–H and O–H groups in total. The van der Waals surface area contributed by atoms with Crippen LogP contribution in [0.2, 0.25) is 0 Å². The van der Waals surface area contributed by atoms with E-state index in [1.165, 1.54) is 25.7 Å². The number of unbranched alkanes of at least 4 members (excludes halogenated alkanes) is 5. The maximum absolute atomic E-state index is 10.7. The first kappa shape index (κ1) is 21.8. The maximum Gasteiger partial charge on any atom is 0.102 e. The SMILES string of the molecule is CCCCCCCC[N+](CCO)(CCO)CCCS(=O)(=O)[O-]. The van der Waals surface area contributed by atoms with Crippen molar-refractivity contribution in [3.63, 3.8) is 0 Å². The van der Waals surface area contributed by atoms with Gasteiger partial charge in [0.15, 0.2) is 0 Å². The van der Waals surface area contributed by atoms with Crippen LogP contribution in [0.15, 0.2) is 0 Å². The van der Waals surface area contributed by atoms with E-state index in [1.807, 2.05) is 0 Å². The van der Waals surface area contributed by atoms with E-state index in [4.69, 9.17) is 0 Å². The van der Waals surface area contributed by atoms with Crippen LogP contribution in [-0.4, -0.2) is 72.8 Å². The molecule has 0 spiro atoms. The zero-order valence-electron chi connectivity index (χ0n) is 13.9. The molecule has 0 heterocycles. The Hall–Kier alpha value is -0.210. The quantitative estimate of drug-likeness (QED) is 0.264. The smallest absolute Gasteiger partial charge is 0.102 e. The molecule has 0 aliphatic rings. The molecule has 0 saturated heterocycles. The molecule has 0 aromatic heterocycles. The Balaban J connectivity index is 4.37. The molecule has 6 nitrogen and oxygen atoms in total. The molecule has 0 radical (unpaired) electrons. The van der Waals surface area contributed by atoms with E-state index in [9.17, 15) is 23.2 Å². The van der Waals surface area contributed by atoms with Crippen molar-refractivity contribution < 1.29 is 27.7 Å². The molecule has 0 rings (SSSR count). The Morgan fingerprint density at radius 2 is 1.32 bits per heavy atom. The van der Waals surface area contributed by atoms with Crippen molar-refractivity contribution in [1.29, 1.82) is 0 Å². The zero-order chi connectivity index (χ0) is 16.9. The highest BCUT2D eigenvalue weighted by Crippen LogP contribution is 2.13. The monoisotopic (exact) mass is 339 g/mol. The lowest BCUT2D eigenvalue weighted by Gasteiger charge is -2.38. The van der Waals surface area contributed by atoms with Crippen LogP contribution in [0.4, 0.5) is 0 Å². The van der Waals surface area contributed by atoms with Crippen molar-refractivity contribution in [1.82, 2.24) is 0 Å². The van der Waals surface area contributed by atoms with Crippen LogP contribution in [0.3, 0.4) is 0 Å². The van der Waals surface area contributed by atoms with Crippen molar-refractivity contribution in [3.05, 3.63) is 0 Å². The van der Waals surface area contributed by atoms with Crippen molar-refractivity contribution in [2.75, 3.05) is 45.1 Å². The molecular formula is C15H33NO5S. The van der Waals surface area contributed by atoms with Gasteiger partial charge in [-0.15, -0.1) is 0 Å². The molecule has 0 aliphatic carbocycles. The first-order valence-corrected chi connectivity index (χ1v) is 9.97. The zero-order valence-corrected chi connectivity index (χ0v) is 14.7. The number of hydrogen-bond acceptors (Lipinski definition) is 5. The van der Waals surface area contributed by atoms with Crippen LogP contribution in [0.1, 0.15) is 51.9 Å². The van der Waals surface area contributed by atoms with Crippen molar-refractivity contribution in [2.24, 2.45) is 0 Å². The van der Waals surface area contributed by atoms with E-state index in [2.05, 4.69) is 6.92 Å². The second-order valence-electron chi connectivity index (χ2n) is 6.07. The van der Waals surface area contributed by atoms with Gasteiger partial charge in [-0.3, -0.25) is 0 Å². The Bertz CT molecular complexity index is 353. The summed E-state index contributed by atoms with van der Waals surface area (Å²) in [5.74, 6) is -0.375. The van der Waals surface area contributed by atoms with Crippen LogP contribution in [-0.2, 0) is 10.1 Å². The second kappa shape index (κ2) is 12.2. The first-order valence-electron chi connectivity index (χ1n) is 8.39. The van der Waals surface area contributed by atoms with E-state index < -0.39 is 10.1 Å². The van der Waals surface area contributed by atoms with Gasteiger partial charge in [0.2, 0.25) is 0 Å². The summed E-state index contributed by atoms with van der Waals surface area (Å²) in [5.41, 5.74) is 0. The number of aliphatic hydroxyl groups excluding tert-OH is 2. The predicted octanol–water partition coefficient (Wildman–Crippen LogP) is 1.08. The third-order valence-corrected chi connectivity index (χ3v) is 4.95. The van der Waals surface area contributed by atoms with E-state index in [0.29, 0.717) is 24.1 Å². The Morgan fingerprint density at radius 1 is 0.818 bits per heavy atom. The molecule has 134 valence electrons.